The monoisotopic (exact) mass is 277 g/mol. The van der Waals surface area contributed by atoms with E-state index in [1.54, 1.807) is 11.3 Å². The predicted octanol–water partition coefficient (Wildman–Crippen LogP) is 4.15. The molecule has 0 spiro atoms. The van der Waals surface area contributed by atoms with Crippen LogP contribution in [-0.4, -0.2) is 14.8 Å². The third-order valence-electron chi connectivity index (χ3n) is 3.23. The second-order valence-corrected chi connectivity index (χ2v) is 5.33. The van der Waals surface area contributed by atoms with Crippen molar-refractivity contribution in [1.82, 2.24) is 14.8 Å². The largest absolute Gasteiger partial charge is 0.255 e. The summed E-state index contributed by atoms with van der Waals surface area (Å²) in [5, 5.41) is 9.84. The van der Waals surface area contributed by atoms with Gasteiger partial charge in [0.05, 0.1) is 16.9 Å². The number of thiophene rings is 1. The minimum absolute atomic E-state index is 0.963. The van der Waals surface area contributed by atoms with Crippen molar-refractivity contribution in [2.24, 2.45) is 0 Å². The molecule has 1 aromatic carbocycles. The molecule has 0 saturated heterocycles. The Balaban J connectivity index is 1.84. The molecule has 96 valence electrons. The summed E-state index contributed by atoms with van der Waals surface area (Å²) in [6, 6.07) is 14.2. The van der Waals surface area contributed by atoms with E-state index in [1.807, 2.05) is 53.5 Å². The minimum Gasteiger partial charge on any atom is -0.255 e. The summed E-state index contributed by atoms with van der Waals surface area (Å²) in [7, 11) is 0. The Bertz CT molecular complexity index is 848. The van der Waals surface area contributed by atoms with E-state index in [0.717, 1.165) is 27.8 Å². The van der Waals surface area contributed by atoms with Gasteiger partial charge < -0.3 is 0 Å². The van der Waals surface area contributed by atoms with Crippen LogP contribution < -0.4 is 0 Å². The molecule has 0 unspecified atom stereocenters. The highest BCUT2D eigenvalue weighted by Gasteiger charge is 2.06. The van der Waals surface area contributed by atoms with Crippen LogP contribution in [0.3, 0.4) is 0 Å². The number of aromatic nitrogens is 3. The molecule has 0 aliphatic rings. The van der Waals surface area contributed by atoms with Crippen LogP contribution >= 0.6 is 11.3 Å². The van der Waals surface area contributed by atoms with E-state index in [-0.39, 0.29) is 0 Å². The number of para-hydroxylation sites is 1. The molecular formula is C16H11N3S. The van der Waals surface area contributed by atoms with Crippen molar-refractivity contribution in [3.8, 4) is 16.9 Å². The first-order valence-corrected chi connectivity index (χ1v) is 7.28. The Morgan fingerprint density at radius 1 is 1.05 bits per heavy atom. The average Bonchev–Trinajstić information content (AvgIpc) is 3.16. The van der Waals surface area contributed by atoms with Crippen molar-refractivity contribution in [2.45, 2.75) is 0 Å². The smallest absolute Gasteiger partial charge is 0.0964 e. The maximum absolute atomic E-state index is 4.63. The first kappa shape index (κ1) is 11.4. The van der Waals surface area contributed by atoms with Crippen LogP contribution in [0.4, 0.5) is 0 Å². The molecule has 4 rings (SSSR count). The molecule has 0 aliphatic heterocycles. The molecule has 0 radical (unpaired) electrons. The van der Waals surface area contributed by atoms with Gasteiger partial charge in [-0.05, 0) is 29.6 Å². The molecule has 3 nitrogen and oxygen atoms in total. The highest BCUT2D eigenvalue weighted by molar-refractivity contribution is 7.08. The third kappa shape index (κ3) is 1.90. The Labute approximate surface area is 120 Å². The highest BCUT2D eigenvalue weighted by atomic mass is 32.1. The molecule has 4 aromatic rings. The number of fused-ring (bicyclic) bond motifs is 1. The number of pyridine rings is 1. The van der Waals surface area contributed by atoms with Crippen LogP contribution in [0.15, 0.2) is 65.6 Å². The fourth-order valence-electron chi connectivity index (χ4n) is 2.20. The van der Waals surface area contributed by atoms with Crippen molar-refractivity contribution in [2.75, 3.05) is 0 Å². The van der Waals surface area contributed by atoms with Gasteiger partial charge in [-0.25, -0.2) is 4.68 Å². The van der Waals surface area contributed by atoms with E-state index in [1.165, 1.54) is 0 Å². The topological polar surface area (TPSA) is 30.7 Å². The SMILES string of the molecule is c1ccc(-n2cc3cnc(-c4ccsc4)cc3n2)cc1. The molecule has 3 aromatic heterocycles. The lowest BCUT2D eigenvalue weighted by molar-refractivity contribution is 0.896. The van der Waals surface area contributed by atoms with Crippen LogP contribution in [-0.2, 0) is 0 Å². The normalized spacial score (nSPS) is 11.0. The molecule has 0 saturated carbocycles. The molecule has 3 heterocycles. The Kier molecular flexibility index (Phi) is 2.60. The van der Waals surface area contributed by atoms with E-state index in [2.05, 4.69) is 26.9 Å². The number of rotatable bonds is 2. The predicted molar refractivity (Wildman–Crippen MR) is 82.2 cm³/mol. The van der Waals surface area contributed by atoms with Gasteiger partial charge in [-0.2, -0.15) is 16.4 Å². The molecule has 0 fully saturated rings. The van der Waals surface area contributed by atoms with Crippen molar-refractivity contribution in [3.05, 3.63) is 65.6 Å². The zero-order valence-corrected chi connectivity index (χ0v) is 11.4. The molecule has 0 aliphatic carbocycles. The second kappa shape index (κ2) is 4.58. The lowest BCUT2D eigenvalue weighted by atomic mass is 10.2. The second-order valence-electron chi connectivity index (χ2n) is 4.55. The zero-order chi connectivity index (χ0) is 13.4. The standard InChI is InChI=1S/C16H11N3S/c1-2-4-14(5-3-1)19-10-13-9-17-15(8-16(13)18-19)12-6-7-20-11-12/h1-11H. The molecule has 0 N–H and O–H groups in total. The molecular weight excluding hydrogens is 266 g/mol. The average molecular weight is 277 g/mol. The maximum atomic E-state index is 4.63. The minimum atomic E-state index is 0.963. The molecule has 0 amide bonds. The summed E-state index contributed by atoms with van der Waals surface area (Å²) in [6.45, 7) is 0. The van der Waals surface area contributed by atoms with Gasteiger partial charge in [-0.15, -0.1) is 0 Å². The van der Waals surface area contributed by atoms with Crippen LogP contribution in [0.1, 0.15) is 0 Å². The Morgan fingerprint density at radius 2 is 1.95 bits per heavy atom. The third-order valence-corrected chi connectivity index (χ3v) is 3.91. The number of nitrogens with zero attached hydrogens (tertiary/aromatic N) is 3. The lowest BCUT2D eigenvalue weighted by Gasteiger charge is -1.98. The highest BCUT2D eigenvalue weighted by Crippen LogP contribution is 2.23. The van der Waals surface area contributed by atoms with Gasteiger partial charge in [-0.3, -0.25) is 4.98 Å². The first-order chi connectivity index (χ1) is 9.90. The Hall–Kier alpha value is -2.46. The van der Waals surface area contributed by atoms with E-state index < -0.39 is 0 Å². The Morgan fingerprint density at radius 3 is 2.75 bits per heavy atom. The van der Waals surface area contributed by atoms with E-state index >= 15 is 0 Å². The summed E-state index contributed by atoms with van der Waals surface area (Å²) < 4.78 is 1.89. The quantitative estimate of drug-likeness (QED) is 0.551. The number of hydrogen-bond donors (Lipinski definition) is 0. The number of hydrogen-bond acceptors (Lipinski definition) is 3. The van der Waals surface area contributed by atoms with Gasteiger partial charge in [-0.1, -0.05) is 18.2 Å². The van der Waals surface area contributed by atoms with Gasteiger partial charge in [0.2, 0.25) is 0 Å². The zero-order valence-electron chi connectivity index (χ0n) is 10.6. The summed E-state index contributed by atoms with van der Waals surface area (Å²) >= 11 is 1.68. The van der Waals surface area contributed by atoms with Crippen LogP contribution in [0.25, 0.3) is 27.8 Å². The van der Waals surface area contributed by atoms with Crippen molar-refractivity contribution in [1.29, 1.82) is 0 Å². The fraction of sp³-hybridized carbons (Fsp3) is 0. The molecule has 4 heteroatoms. The van der Waals surface area contributed by atoms with Gasteiger partial charge in [0.25, 0.3) is 0 Å². The lowest BCUT2D eigenvalue weighted by Crippen LogP contribution is -1.92. The first-order valence-electron chi connectivity index (χ1n) is 6.33. The van der Waals surface area contributed by atoms with Gasteiger partial charge in [0.1, 0.15) is 0 Å². The van der Waals surface area contributed by atoms with Gasteiger partial charge >= 0.3 is 0 Å². The summed E-state index contributed by atoms with van der Waals surface area (Å²) in [5.74, 6) is 0. The fourth-order valence-corrected chi connectivity index (χ4v) is 2.85. The van der Waals surface area contributed by atoms with Crippen molar-refractivity contribution in [3.63, 3.8) is 0 Å². The van der Waals surface area contributed by atoms with Gasteiger partial charge in [0.15, 0.2) is 0 Å². The molecule has 20 heavy (non-hydrogen) atoms. The van der Waals surface area contributed by atoms with E-state index in [9.17, 15) is 0 Å². The summed E-state index contributed by atoms with van der Waals surface area (Å²) in [6.07, 6.45) is 3.89. The van der Waals surface area contributed by atoms with Crippen molar-refractivity contribution < 1.29 is 0 Å². The summed E-state index contributed by atoms with van der Waals surface area (Å²) in [4.78, 5) is 4.51. The van der Waals surface area contributed by atoms with Crippen LogP contribution in [0, 0.1) is 0 Å². The van der Waals surface area contributed by atoms with Crippen molar-refractivity contribution >= 4 is 22.2 Å². The van der Waals surface area contributed by atoms with Crippen LogP contribution in [0.5, 0.6) is 0 Å². The van der Waals surface area contributed by atoms with Gasteiger partial charge in [0, 0.05) is 28.7 Å². The van der Waals surface area contributed by atoms with E-state index in [4.69, 9.17) is 0 Å². The van der Waals surface area contributed by atoms with Crippen LogP contribution in [0.2, 0.25) is 0 Å². The molecule has 0 atom stereocenters. The summed E-state index contributed by atoms with van der Waals surface area (Å²) in [5.41, 5.74) is 4.13. The molecule has 0 bridgehead atoms. The number of benzene rings is 1. The van der Waals surface area contributed by atoms with E-state index in [0.29, 0.717) is 0 Å². The maximum Gasteiger partial charge on any atom is 0.0964 e.